The number of benzene rings is 1. The van der Waals surface area contributed by atoms with Crippen molar-refractivity contribution in [2.24, 2.45) is 0 Å². The number of aromatic nitrogens is 3. The summed E-state index contributed by atoms with van der Waals surface area (Å²) in [4.78, 5) is 13.9. The molecule has 106 valence electrons. The molecule has 0 saturated heterocycles. The van der Waals surface area contributed by atoms with Gasteiger partial charge in [-0.25, -0.2) is 15.0 Å². The van der Waals surface area contributed by atoms with Crippen LogP contribution in [0.1, 0.15) is 12.6 Å². The summed E-state index contributed by atoms with van der Waals surface area (Å²) in [6.45, 7) is 2.10. The van der Waals surface area contributed by atoms with Gasteiger partial charge in [-0.15, -0.1) is 0 Å². The first-order chi connectivity index (χ1) is 10.2. The fourth-order valence-electron chi connectivity index (χ4n) is 2.20. The lowest BCUT2D eigenvalue weighted by molar-refractivity contribution is 0.985. The summed E-state index contributed by atoms with van der Waals surface area (Å²) in [7, 11) is 1.88. The van der Waals surface area contributed by atoms with E-state index in [0.29, 0.717) is 5.82 Å². The van der Waals surface area contributed by atoms with Crippen LogP contribution in [0.5, 0.6) is 0 Å². The Morgan fingerprint density at radius 3 is 2.62 bits per heavy atom. The van der Waals surface area contributed by atoms with E-state index in [1.165, 1.54) is 0 Å². The molecule has 5 heteroatoms. The standard InChI is InChI=1S/C16H15IN4/c1-3-11-14(17)16(18-2)21-15(20-11)13-9-8-10-6-4-5-7-12(10)19-13/h4-9H,3H2,1-2H3,(H,18,20,21). The van der Waals surface area contributed by atoms with Gasteiger partial charge >= 0.3 is 0 Å². The van der Waals surface area contributed by atoms with Crippen LogP contribution in [-0.2, 0) is 6.42 Å². The van der Waals surface area contributed by atoms with Crippen molar-refractivity contribution < 1.29 is 0 Å². The summed E-state index contributed by atoms with van der Waals surface area (Å²) >= 11 is 2.28. The summed E-state index contributed by atoms with van der Waals surface area (Å²) in [5.41, 5.74) is 2.80. The van der Waals surface area contributed by atoms with Gasteiger partial charge in [-0.3, -0.25) is 0 Å². The van der Waals surface area contributed by atoms with Gasteiger partial charge in [0.05, 0.1) is 14.8 Å². The fraction of sp³-hybridized carbons (Fsp3) is 0.188. The second kappa shape index (κ2) is 5.93. The first kappa shape index (κ1) is 14.2. The summed E-state index contributed by atoms with van der Waals surface area (Å²) in [6.07, 6.45) is 0.871. The Kier molecular flexibility index (Phi) is 4.01. The molecule has 2 aromatic heterocycles. The molecule has 3 rings (SSSR count). The number of para-hydroxylation sites is 1. The van der Waals surface area contributed by atoms with Gasteiger partial charge in [0, 0.05) is 12.4 Å². The predicted molar refractivity (Wildman–Crippen MR) is 94.4 cm³/mol. The molecule has 0 bridgehead atoms. The molecule has 1 N–H and O–H groups in total. The Morgan fingerprint density at radius 2 is 1.86 bits per heavy atom. The van der Waals surface area contributed by atoms with Crippen LogP contribution in [0.2, 0.25) is 0 Å². The molecule has 0 atom stereocenters. The molecular formula is C16H15IN4. The minimum Gasteiger partial charge on any atom is -0.372 e. The topological polar surface area (TPSA) is 50.7 Å². The summed E-state index contributed by atoms with van der Waals surface area (Å²) in [5.74, 6) is 1.52. The number of hydrogen-bond acceptors (Lipinski definition) is 4. The smallest absolute Gasteiger partial charge is 0.180 e. The van der Waals surface area contributed by atoms with E-state index in [1.807, 2.05) is 31.3 Å². The van der Waals surface area contributed by atoms with E-state index < -0.39 is 0 Å². The second-order valence-corrected chi connectivity index (χ2v) is 5.73. The van der Waals surface area contributed by atoms with Crippen LogP contribution in [-0.4, -0.2) is 22.0 Å². The Bertz CT molecular complexity index is 776. The highest BCUT2D eigenvalue weighted by Crippen LogP contribution is 2.24. The van der Waals surface area contributed by atoms with Gasteiger partial charge in [0.15, 0.2) is 5.82 Å². The minimum absolute atomic E-state index is 0.669. The summed E-state index contributed by atoms with van der Waals surface area (Å²) in [6, 6.07) is 12.1. The minimum atomic E-state index is 0.669. The molecule has 0 saturated carbocycles. The molecule has 0 amide bonds. The largest absolute Gasteiger partial charge is 0.372 e. The van der Waals surface area contributed by atoms with Gasteiger partial charge in [0.25, 0.3) is 0 Å². The highest BCUT2D eigenvalue weighted by molar-refractivity contribution is 14.1. The zero-order chi connectivity index (χ0) is 14.8. The highest BCUT2D eigenvalue weighted by atomic mass is 127. The molecule has 0 aliphatic rings. The molecule has 0 spiro atoms. The quantitative estimate of drug-likeness (QED) is 0.690. The molecule has 0 radical (unpaired) electrons. The van der Waals surface area contributed by atoms with Gasteiger partial charge in [0.1, 0.15) is 11.5 Å². The molecule has 1 aromatic carbocycles. The van der Waals surface area contributed by atoms with Crippen LogP contribution in [0, 0.1) is 3.57 Å². The molecule has 0 fully saturated rings. The molecule has 0 aliphatic heterocycles. The number of nitrogens with one attached hydrogen (secondary N) is 1. The molecular weight excluding hydrogens is 375 g/mol. The van der Waals surface area contributed by atoms with Crippen molar-refractivity contribution in [3.05, 3.63) is 45.7 Å². The molecule has 3 aromatic rings. The van der Waals surface area contributed by atoms with Crippen molar-refractivity contribution in [1.82, 2.24) is 15.0 Å². The molecule has 0 unspecified atom stereocenters. The zero-order valence-electron chi connectivity index (χ0n) is 11.9. The van der Waals surface area contributed by atoms with Crippen molar-refractivity contribution in [3.8, 4) is 11.5 Å². The van der Waals surface area contributed by atoms with Crippen molar-refractivity contribution in [1.29, 1.82) is 0 Å². The third-order valence-corrected chi connectivity index (χ3v) is 4.45. The van der Waals surface area contributed by atoms with E-state index >= 15 is 0 Å². The van der Waals surface area contributed by atoms with Gasteiger partial charge in [0.2, 0.25) is 0 Å². The highest BCUT2D eigenvalue weighted by Gasteiger charge is 2.12. The van der Waals surface area contributed by atoms with Gasteiger partial charge in [-0.1, -0.05) is 31.2 Å². The third-order valence-electron chi connectivity index (χ3n) is 3.32. The number of fused-ring (bicyclic) bond motifs is 1. The maximum atomic E-state index is 4.67. The Morgan fingerprint density at radius 1 is 1.05 bits per heavy atom. The lowest BCUT2D eigenvalue weighted by atomic mass is 10.2. The van der Waals surface area contributed by atoms with Crippen molar-refractivity contribution in [2.45, 2.75) is 13.3 Å². The number of nitrogens with zero attached hydrogens (tertiary/aromatic N) is 3. The van der Waals surface area contributed by atoms with Crippen LogP contribution in [0.3, 0.4) is 0 Å². The average molecular weight is 390 g/mol. The van der Waals surface area contributed by atoms with Crippen molar-refractivity contribution in [2.75, 3.05) is 12.4 Å². The number of aryl methyl sites for hydroxylation is 1. The van der Waals surface area contributed by atoms with E-state index in [1.54, 1.807) is 0 Å². The van der Waals surface area contributed by atoms with Crippen LogP contribution in [0.15, 0.2) is 36.4 Å². The van der Waals surface area contributed by atoms with Crippen LogP contribution in [0.4, 0.5) is 5.82 Å². The zero-order valence-corrected chi connectivity index (χ0v) is 14.0. The molecule has 2 heterocycles. The Hall–Kier alpha value is -1.76. The van der Waals surface area contributed by atoms with Gasteiger partial charge in [-0.2, -0.15) is 0 Å². The van der Waals surface area contributed by atoms with Crippen molar-refractivity contribution >= 4 is 39.3 Å². The summed E-state index contributed by atoms with van der Waals surface area (Å²) in [5, 5.41) is 4.25. The Balaban J connectivity index is 2.17. The molecule has 4 nitrogen and oxygen atoms in total. The van der Waals surface area contributed by atoms with Gasteiger partial charge < -0.3 is 5.32 Å². The normalized spacial score (nSPS) is 10.8. The van der Waals surface area contributed by atoms with Crippen LogP contribution >= 0.6 is 22.6 Å². The van der Waals surface area contributed by atoms with E-state index in [4.69, 9.17) is 0 Å². The third kappa shape index (κ3) is 2.70. The van der Waals surface area contributed by atoms with Crippen LogP contribution < -0.4 is 5.32 Å². The first-order valence-electron chi connectivity index (χ1n) is 6.83. The Labute approximate surface area is 137 Å². The monoisotopic (exact) mass is 390 g/mol. The lowest BCUT2D eigenvalue weighted by Gasteiger charge is -2.10. The van der Waals surface area contributed by atoms with E-state index in [9.17, 15) is 0 Å². The van der Waals surface area contributed by atoms with E-state index in [0.717, 1.165) is 38.1 Å². The number of anilines is 1. The number of halogens is 1. The summed E-state index contributed by atoms with van der Waals surface area (Å²) < 4.78 is 1.07. The lowest BCUT2D eigenvalue weighted by Crippen LogP contribution is -2.05. The van der Waals surface area contributed by atoms with Crippen molar-refractivity contribution in [3.63, 3.8) is 0 Å². The average Bonchev–Trinajstić information content (AvgIpc) is 2.54. The maximum absolute atomic E-state index is 4.67. The molecule has 21 heavy (non-hydrogen) atoms. The predicted octanol–water partition coefficient (Wildman–Crippen LogP) is 3.90. The van der Waals surface area contributed by atoms with E-state index in [2.05, 4.69) is 61.9 Å². The number of hydrogen-bond donors (Lipinski definition) is 1. The number of rotatable bonds is 3. The fourth-order valence-corrected chi connectivity index (χ4v) is 3.09. The second-order valence-electron chi connectivity index (χ2n) is 4.65. The maximum Gasteiger partial charge on any atom is 0.180 e. The first-order valence-corrected chi connectivity index (χ1v) is 7.91. The van der Waals surface area contributed by atoms with Crippen LogP contribution in [0.25, 0.3) is 22.4 Å². The SMILES string of the molecule is CCc1nc(-c2ccc3ccccc3n2)nc(NC)c1I. The molecule has 0 aliphatic carbocycles. The number of pyridine rings is 1. The van der Waals surface area contributed by atoms with Gasteiger partial charge in [-0.05, 0) is 41.1 Å². The van der Waals surface area contributed by atoms with E-state index in [-0.39, 0.29) is 0 Å².